The lowest BCUT2D eigenvalue weighted by Crippen LogP contribution is -2.46. The van der Waals surface area contributed by atoms with E-state index in [0.29, 0.717) is 13.1 Å². The zero-order chi connectivity index (χ0) is 16.9. The standard InChI is InChI=1S/C20H23NO3/c1-15-7-5-6-10-17(15)18-11-12-21(13-19(18)22)20(23)24-14-16-8-3-2-4-9-16/h2-10,18-19,22H,11-14H2,1H3. The van der Waals surface area contributed by atoms with Crippen LogP contribution >= 0.6 is 0 Å². The number of aryl methyl sites for hydroxylation is 1. The number of aliphatic hydroxyl groups excluding tert-OH is 1. The van der Waals surface area contributed by atoms with Gasteiger partial charge >= 0.3 is 6.09 Å². The highest BCUT2D eigenvalue weighted by atomic mass is 16.6. The van der Waals surface area contributed by atoms with Gasteiger partial charge in [-0.3, -0.25) is 0 Å². The average Bonchev–Trinajstić information content (AvgIpc) is 2.61. The molecule has 1 aliphatic heterocycles. The van der Waals surface area contributed by atoms with E-state index in [4.69, 9.17) is 4.74 Å². The molecule has 1 saturated heterocycles. The van der Waals surface area contributed by atoms with Gasteiger partial charge in [-0.1, -0.05) is 54.6 Å². The minimum atomic E-state index is -0.566. The first kappa shape index (κ1) is 16.5. The normalized spacial score (nSPS) is 20.7. The Morgan fingerprint density at radius 2 is 1.88 bits per heavy atom. The van der Waals surface area contributed by atoms with Crippen LogP contribution in [0, 0.1) is 6.92 Å². The Bertz CT molecular complexity index is 686. The van der Waals surface area contributed by atoms with Crippen molar-refractivity contribution in [3.8, 4) is 0 Å². The first-order chi connectivity index (χ1) is 11.6. The van der Waals surface area contributed by atoms with Gasteiger partial charge in [0, 0.05) is 12.5 Å². The number of carbonyl (C=O) groups excluding carboxylic acids is 1. The highest BCUT2D eigenvalue weighted by Crippen LogP contribution is 2.30. The number of β-amino-alcohol motifs (C(OH)–C–C–N with tert-alkyl or cyclic N) is 1. The Labute approximate surface area is 142 Å². The smallest absolute Gasteiger partial charge is 0.410 e. The molecular formula is C20H23NO3. The molecule has 1 fully saturated rings. The number of carbonyl (C=O) groups is 1. The molecule has 1 amide bonds. The number of hydrogen-bond acceptors (Lipinski definition) is 3. The minimum Gasteiger partial charge on any atom is -0.445 e. The number of hydrogen-bond donors (Lipinski definition) is 1. The van der Waals surface area contributed by atoms with Crippen molar-refractivity contribution in [3.05, 3.63) is 71.3 Å². The molecule has 4 nitrogen and oxygen atoms in total. The van der Waals surface area contributed by atoms with E-state index in [1.54, 1.807) is 4.90 Å². The van der Waals surface area contributed by atoms with E-state index in [-0.39, 0.29) is 18.6 Å². The molecule has 1 aliphatic rings. The Morgan fingerprint density at radius 1 is 1.17 bits per heavy atom. The first-order valence-corrected chi connectivity index (χ1v) is 8.34. The van der Waals surface area contributed by atoms with Gasteiger partial charge in [0.25, 0.3) is 0 Å². The van der Waals surface area contributed by atoms with Crippen molar-refractivity contribution in [1.82, 2.24) is 4.90 Å². The number of amides is 1. The predicted octanol–water partition coefficient (Wildman–Crippen LogP) is 3.48. The summed E-state index contributed by atoms with van der Waals surface area (Å²) in [5.74, 6) is 0.0735. The summed E-state index contributed by atoms with van der Waals surface area (Å²) in [6, 6.07) is 17.7. The van der Waals surface area contributed by atoms with Crippen LogP contribution in [0.15, 0.2) is 54.6 Å². The fourth-order valence-corrected chi connectivity index (χ4v) is 3.27. The maximum absolute atomic E-state index is 12.2. The molecule has 2 aromatic carbocycles. The van der Waals surface area contributed by atoms with E-state index in [0.717, 1.165) is 12.0 Å². The largest absolute Gasteiger partial charge is 0.445 e. The number of ether oxygens (including phenoxy) is 1. The van der Waals surface area contributed by atoms with Gasteiger partial charge < -0.3 is 14.7 Å². The summed E-state index contributed by atoms with van der Waals surface area (Å²) in [6.45, 7) is 3.23. The molecule has 0 aromatic heterocycles. The van der Waals surface area contributed by atoms with E-state index in [2.05, 4.69) is 19.1 Å². The second-order valence-corrected chi connectivity index (χ2v) is 6.31. The van der Waals surface area contributed by atoms with Crippen LogP contribution in [0.25, 0.3) is 0 Å². The second kappa shape index (κ2) is 7.49. The average molecular weight is 325 g/mol. The van der Waals surface area contributed by atoms with Crippen LogP contribution < -0.4 is 0 Å². The lowest BCUT2D eigenvalue weighted by molar-refractivity contribution is 0.0343. The van der Waals surface area contributed by atoms with Gasteiger partial charge in [-0.05, 0) is 30.0 Å². The molecule has 0 spiro atoms. The molecule has 2 aromatic rings. The molecule has 2 atom stereocenters. The van der Waals surface area contributed by atoms with Crippen molar-refractivity contribution in [2.24, 2.45) is 0 Å². The van der Waals surface area contributed by atoms with Crippen molar-refractivity contribution in [1.29, 1.82) is 0 Å². The van der Waals surface area contributed by atoms with Crippen LogP contribution in [0.3, 0.4) is 0 Å². The third-order valence-corrected chi connectivity index (χ3v) is 4.63. The Kier molecular flexibility index (Phi) is 5.16. The summed E-state index contributed by atoms with van der Waals surface area (Å²) >= 11 is 0. The van der Waals surface area contributed by atoms with Gasteiger partial charge in [-0.15, -0.1) is 0 Å². The zero-order valence-electron chi connectivity index (χ0n) is 13.9. The first-order valence-electron chi connectivity index (χ1n) is 8.34. The summed E-state index contributed by atoms with van der Waals surface area (Å²) in [5.41, 5.74) is 3.31. The monoisotopic (exact) mass is 325 g/mol. The maximum Gasteiger partial charge on any atom is 0.410 e. The second-order valence-electron chi connectivity index (χ2n) is 6.31. The Hall–Kier alpha value is -2.33. The number of likely N-dealkylation sites (tertiary alicyclic amines) is 1. The maximum atomic E-state index is 12.2. The number of piperidine rings is 1. The summed E-state index contributed by atoms with van der Waals surface area (Å²) in [4.78, 5) is 13.8. The van der Waals surface area contributed by atoms with Gasteiger partial charge in [-0.2, -0.15) is 0 Å². The third-order valence-electron chi connectivity index (χ3n) is 4.63. The van der Waals surface area contributed by atoms with Crippen LogP contribution in [-0.2, 0) is 11.3 Å². The zero-order valence-corrected chi connectivity index (χ0v) is 13.9. The lowest BCUT2D eigenvalue weighted by Gasteiger charge is -2.36. The van der Waals surface area contributed by atoms with Crippen LogP contribution in [0.4, 0.5) is 4.79 Å². The Morgan fingerprint density at radius 3 is 2.58 bits per heavy atom. The van der Waals surface area contributed by atoms with E-state index in [1.807, 2.05) is 42.5 Å². The Balaban J connectivity index is 1.57. The summed E-state index contributed by atoms with van der Waals surface area (Å²) < 4.78 is 5.36. The molecule has 4 heteroatoms. The molecule has 0 radical (unpaired) electrons. The molecular weight excluding hydrogens is 302 g/mol. The molecule has 2 unspecified atom stereocenters. The molecule has 1 N–H and O–H groups in total. The van der Waals surface area contributed by atoms with E-state index in [1.165, 1.54) is 11.1 Å². The van der Waals surface area contributed by atoms with Crippen LogP contribution in [0.2, 0.25) is 0 Å². The number of benzene rings is 2. The summed E-state index contributed by atoms with van der Waals surface area (Å²) in [6.07, 6.45) is -0.183. The number of rotatable bonds is 3. The topological polar surface area (TPSA) is 49.8 Å². The van der Waals surface area contributed by atoms with Gasteiger partial charge in [0.15, 0.2) is 0 Å². The molecule has 24 heavy (non-hydrogen) atoms. The van der Waals surface area contributed by atoms with Crippen LogP contribution in [-0.4, -0.2) is 35.3 Å². The van der Waals surface area contributed by atoms with E-state index < -0.39 is 6.10 Å². The highest BCUT2D eigenvalue weighted by molar-refractivity contribution is 5.68. The number of nitrogens with zero attached hydrogens (tertiary/aromatic N) is 1. The lowest BCUT2D eigenvalue weighted by atomic mass is 9.85. The van der Waals surface area contributed by atoms with Crippen molar-refractivity contribution < 1.29 is 14.6 Å². The molecule has 3 rings (SSSR count). The van der Waals surface area contributed by atoms with Gasteiger partial charge in [0.2, 0.25) is 0 Å². The van der Waals surface area contributed by atoms with Crippen LogP contribution in [0.1, 0.15) is 29.0 Å². The molecule has 0 aliphatic carbocycles. The minimum absolute atomic E-state index is 0.0735. The van der Waals surface area contributed by atoms with Crippen molar-refractivity contribution in [2.45, 2.75) is 32.0 Å². The SMILES string of the molecule is Cc1ccccc1C1CCN(C(=O)OCc2ccccc2)CC1O. The summed E-state index contributed by atoms with van der Waals surface area (Å²) in [7, 11) is 0. The van der Waals surface area contributed by atoms with Gasteiger partial charge in [0.05, 0.1) is 12.6 Å². The van der Waals surface area contributed by atoms with Crippen molar-refractivity contribution in [3.63, 3.8) is 0 Å². The van der Waals surface area contributed by atoms with Gasteiger partial charge in [-0.25, -0.2) is 4.79 Å². The fourth-order valence-electron chi connectivity index (χ4n) is 3.27. The highest BCUT2D eigenvalue weighted by Gasteiger charge is 2.32. The fraction of sp³-hybridized carbons (Fsp3) is 0.350. The van der Waals surface area contributed by atoms with E-state index in [9.17, 15) is 9.90 Å². The van der Waals surface area contributed by atoms with Gasteiger partial charge in [0.1, 0.15) is 6.61 Å². The molecule has 0 saturated carbocycles. The third kappa shape index (κ3) is 3.77. The molecule has 0 bridgehead atoms. The van der Waals surface area contributed by atoms with Crippen molar-refractivity contribution in [2.75, 3.05) is 13.1 Å². The van der Waals surface area contributed by atoms with Crippen molar-refractivity contribution >= 4 is 6.09 Å². The molecule has 1 heterocycles. The van der Waals surface area contributed by atoms with Crippen LogP contribution in [0.5, 0.6) is 0 Å². The number of aliphatic hydroxyl groups is 1. The predicted molar refractivity (Wildman–Crippen MR) is 92.7 cm³/mol. The quantitative estimate of drug-likeness (QED) is 0.940. The van der Waals surface area contributed by atoms with E-state index >= 15 is 0 Å². The molecule has 126 valence electrons. The summed E-state index contributed by atoms with van der Waals surface area (Å²) in [5, 5.41) is 10.5.